The molecule has 3 N–H and O–H groups in total. The Labute approximate surface area is 176 Å². The molecule has 31 heavy (non-hydrogen) atoms. The number of halogens is 1. The normalized spacial score (nSPS) is 10.7. The van der Waals surface area contributed by atoms with Gasteiger partial charge < -0.3 is 5.32 Å². The Kier molecular flexibility index (Phi) is 5.31. The third kappa shape index (κ3) is 4.35. The Morgan fingerprint density at radius 2 is 1.74 bits per heavy atom. The van der Waals surface area contributed by atoms with Crippen LogP contribution in [0.15, 0.2) is 65.5 Å². The molecule has 4 rings (SSSR count). The smallest absolute Gasteiger partial charge is 0.308 e. The highest BCUT2D eigenvalue weighted by Crippen LogP contribution is 2.24. The first kappa shape index (κ1) is 20.0. The summed E-state index contributed by atoms with van der Waals surface area (Å²) in [4.78, 5) is 31.9. The molecule has 0 aliphatic heterocycles. The number of hydrogen-bond acceptors (Lipinski definition) is 4. The molecule has 0 saturated carbocycles. The summed E-state index contributed by atoms with van der Waals surface area (Å²) in [7, 11) is 0. The maximum Gasteiger partial charge on any atom is 0.324 e. The van der Waals surface area contributed by atoms with Crippen molar-refractivity contribution in [2.45, 2.75) is 13.8 Å². The van der Waals surface area contributed by atoms with E-state index < -0.39 is 11.8 Å². The lowest BCUT2D eigenvalue weighted by Crippen LogP contribution is -2.23. The van der Waals surface area contributed by atoms with E-state index in [1.165, 1.54) is 28.9 Å². The number of anilines is 2. The van der Waals surface area contributed by atoms with E-state index in [4.69, 9.17) is 0 Å². The molecule has 2 heterocycles. The Morgan fingerprint density at radius 1 is 1.03 bits per heavy atom. The van der Waals surface area contributed by atoms with Crippen LogP contribution in [0, 0.1) is 19.7 Å². The van der Waals surface area contributed by atoms with Crippen LogP contribution in [0.4, 0.5) is 20.7 Å². The molecule has 0 spiro atoms. The average Bonchev–Trinajstić information content (AvgIpc) is 3.17. The van der Waals surface area contributed by atoms with Crippen LogP contribution < -0.4 is 16.2 Å². The maximum atomic E-state index is 13.1. The molecule has 8 nitrogen and oxygen atoms in total. The van der Waals surface area contributed by atoms with Crippen molar-refractivity contribution in [1.29, 1.82) is 0 Å². The molecule has 0 bridgehead atoms. The van der Waals surface area contributed by atoms with Gasteiger partial charge in [-0.1, -0.05) is 30.3 Å². The van der Waals surface area contributed by atoms with Gasteiger partial charge in [-0.25, -0.2) is 14.2 Å². The topological polar surface area (TPSA) is 105 Å². The van der Waals surface area contributed by atoms with Gasteiger partial charge in [0.15, 0.2) is 0 Å². The second-order valence-electron chi connectivity index (χ2n) is 6.88. The molecule has 0 saturated heterocycles. The van der Waals surface area contributed by atoms with Crippen LogP contribution in [0.25, 0.3) is 17.2 Å². The molecule has 0 fully saturated rings. The van der Waals surface area contributed by atoms with Gasteiger partial charge in [-0.05, 0) is 38.1 Å². The third-order valence-corrected chi connectivity index (χ3v) is 4.71. The highest BCUT2D eigenvalue weighted by atomic mass is 19.1. The molecular formula is C22H19FN6O2. The van der Waals surface area contributed by atoms with Crippen molar-refractivity contribution < 1.29 is 9.18 Å². The Balaban J connectivity index is 1.71. The quantitative estimate of drug-likeness (QED) is 0.465. The zero-order valence-corrected chi connectivity index (χ0v) is 16.8. The predicted octanol–water partition coefficient (Wildman–Crippen LogP) is 4.02. The molecule has 2 aromatic heterocycles. The molecule has 0 unspecified atom stereocenters. The molecule has 2 amide bonds. The summed E-state index contributed by atoms with van der Waals surface area (Å²) in [6, 6.07) is 15.9. The van der Waals surface area contributed by atoms with Gasteiger partial charge in [0.05, 0.1) is 5.69 Å². The number of aromatic amines is 1. The van der Waals surface area contributed by atoms with Crippen molar-refractivity contribution in [3.8, 4) is 17.2 Å². The van der Waals surface area contributed by atoms with Crippen molar-refractivity contribution in [2.24, 2.45) is 0 Å². The summed E-state index contributed by atoms with van der Waals surface area (Å²) in [6.45, 7) is 3.41. The van der Waals surface area contributed by atoms with Gasteiger partial charge >= 0.3 is 6.03 Å². The first-order valence-corrected chi connectivity index (χ1v) is 9.47. The number of amides is 2. The second kappa shape index (κ2) is 8.23. The Bertz CT molecular complexity index is 1300. The average molecular weight is 418 g/mol. The number of benzene rings is 2. The van der Waals surface area contributed by atoms with Crippen LogP contribution >= 0.6 is 0 Å². The zero-order chi connectivity index (χ0) is 22.0. The lowest BCUT2D eigenvalue weighted by Gasteiger charge is -2.10. The maximum absolute atomic E-state index is 13.1. The van der Waals surface area contributed by atoms with Crippen LogP contribution in [-0.2, 0) is 0 Å². The van der Waals surface area contributed by atoms with Gasteiger partial charge in [0.1, 0.15) is 11.6 Å². The van der Waals surface area contributed by atoms with E-state index in [9.17, 15) is 14.0 Å². The summed E-state index contributed by atoms with van der Waals surface area (Å²) in [5.41, 5.74) is 2.60. The van der Waals surface area contributed by atoms with Crippen LogP contribution in [-0.4, -0.2) is 25.8 Å². The number of H-pyrrole nitrogens is 1. The van der Waals surface area contributed by atoms with Crippen molar-refractivity contribution >= 4 is 17.5 Å². The second-order valence-corrected chi connectivity index (χ2v) is 6.88. The van der Waals surface area contributed by atoms with E-state index in [0.29, 0.717) is 28.5 Å². The SMILES string of the molecule is Cc1nc(-n2nc(-c3ccccc3)cc2NC(=O)Nc2ccc(F)cc2)[nH]c(=O)c1C. The standard InChI is InChI=1S/C22H19FN6O2/c1-13-14(2)24-21(27-20(13)30)29-19(12-18(28-29)15-6-4-3-5-7-15)26-22(31)25-17-10-8-16(23)9-11-17/h3-12H,1-2H3,(H,24,27,30)(H2,25,26,31). The van der Waals surface area contributed by atoms with Gasteiger partial charge in [-0.2, -0.15) is 9.78 Å². The number of nitrogens with zero attached hydrogens (tertiary/aromatic N) is 3. The number of hydrogen-bond donors (Lipinski definition) is 3. The molecule has 0 aliphatic carbocycles. The van der Waals surface area contributed by atoms with Gasteiger partial charge in [-0.15, -0.1) is 0 Å². The van der Waals surface area contributed by atoms with E-state index in [-0.39, 0.29) is 11.5 Å². The number of carbonyl (C=O) groups is 1. The largest absolute Gasteiger partial charge is 0.324 e. The van der Waals surface area contributed by atoms with E-state index in [1.54, 1.807) is 19.9 Å². The van der Waals surface area contributed by atoms with Gasteiger partial charge in [0.2, 0.25) is 5.95 Å². The monoisotopic (exact) mass is 418 g/mol. The van der Waals surface area contributed by atoms with E-state index in [0.717, 1.165) is 5.56 Å². The predicted molar refractivity (Wildman–Crippen MR) is 116 cm³/mol. The molecule has 2 aromatic carbocycles. The summed E-state index contributed by atoms with van der Waals surface area (Å²) in [6.07, 6.45) is 0. The van der Waals surface area contributed by atoms with E-state index in [2.05, 4.69) is 25.7 Å². The van der Waals surface area contributed by atoms with Crippen LogP contribution in [0.3, 0.4) is 0 Å². The van der Waals surface area contributed by atoms with Crippen molar-refractivity contribution in [3.05, 3.63) is 88.1 Å². The first-order chi connectivity index (χ1) is 14.9. The van der Waals surface area contributed by atoms with Crippen LogP contribution in [0.2, 0.25) is 0 Å². The molecule has 0 atom stereocenters. The van der Waals surface area contributed by atoms with Crippen LogP contribution in [0.1, 0.15) is 11.3 Å². The van der Waals surface area contributed by atoms with E-state index in [1.807, 2.05) is 30.3 Å². The number of aromatic nitrogens is 4. The van der Waals surface area contributed by atoms with Crippen LogP contribution in [0.5, 0.6) is 0 Å². The molecular weight excluding hydrogens is 399 g/mol. The number of nitrogens with one attached hydrogen (secondary N) is 3. The minimum atomic E-state index is -0.557. The van der Waals surface area contributed by atoms with E-state index >= 15 is 0 Å². The molecule has 0 radical (unpaired) electrons. The summed E-state index contributed by atoms with van der Waals surface area (Å²) >= 11 is 0. The summed E-state index contributed by atoms with van der Waals surface area (Å²) in [5, 5.41) is 9.86. The molecule has 156 valence electrons. The lowest BCUT2D eigenvalue weighted by atomic mass is 10.2. The Hall–Kier alpha value is -4.27. The lowest BCUT2D eigenvalue weighted by molar-refractivity contribution is 0.262. The summed E-state index contributed by atoms with van der Waals surface area (Å²) < 4.78 is 14.5. The summed E-state index contributed by atoms with van der Waals surface area (Å²) in [5.74, 6) is 0.0681. The number of urea groups is 1. The Morgan fingerprint density at radius 3 is 2.42 bits per heavy atom. The molecule has 4 aromatic rings. The number of carbonyl (C=O) groups excluding carboxylic acids is 1. The van der Waals surface area contributed by atoms with Crippen molar-refractivity contribution in [1.82, 2.24) is 19.7 Å². The molecule has 9 heteroatoms. The zero-order valence-electron chi connectivity index (χ0n) is 16.8. The highest BCUT2D eigenvalue weighted by Gasteiger charge is 2.16. The minimum absolute atomic E-state index is 0.173. The fraction of sp³-hybridized carbons (Fsp3) is 0.0909. The highest BCUT2D eigenvalue weighted by molar-refractivity contribution is 5.99. The van der Waals surface area contributed by atoms with Gasteiger partial charge in [-0.3, -0.25) is 15.1 Å². The number of aryl methyl sites for hydroxylation is 1. The third-order valence-electron chi connectivity index (χ3n) is 4.71. The van der Waals surface area contributed by atoms with Crippen molar-refractivity contribution in [3.63, 3.8) is 0 Å². The van der Waals surface area contributed by atoms with Gasteiger partial charge in [0.25, 0.3) is 5.56 Å². The molecule has 0 aliphatic rings. The van der Waals surface area contributed by atoms with Crippen molar-refractivity contribution in [2.75, 3.05) is 10.6 Å². The first-order valence-electron chi connectivity index (χ1n) is 9.47. The fourth-order valence-electron chi connectivity index (χ4n) is 2.92. The number of rotatable bonds is 4. The van der Waals surface area contributed by atoms with Gasteiger partial charge in [0, 0.05) is 28.6 Å². The fourth-order valence-corrected chi connectivity index (χ4v) is 2.92. The minimum Gasteiger partial charge on any atom is -0.308 e.